The smallest absolute Gasteiger partial charge is 0.192 e. The van der Waals surface area contributed by atoms with Crippen molar-refractivity contribution in [2.75, 3.05) is 6.54 Å². The first-order chi connectivity index (χ1) is 12.8. The third kappa shape index (κ3) is 4.12. The van der Waals surface area contributed by atoms with Crippen LogP contribution >= 0.6 is 11.6 Å². The summed E-state index contributed by atoms with van der Waals surface area (Å²) in [5.74, 6) is 1.31. The van der Waals surface area contributed by atoms with Crippen molar-refractivity contribution in [2.24, 2.45) is 17.3 Å². The van der Waals surface area contributed by atoms with E-state index in [-0.39, 0.29) is 11.9 Å². The molecule has 0 radical (unpaired) electrons. The summed E-state index contributed by atoms with van der Waals surface area (Å²) in [4.78, 5) is 3.88. The summed E-state index contributed by atoms with van der Waals surface area (Å²) < 4.78 is 21.3. The Bertz CT molecular complexity index is 625. The molecule has 0 spiro atoms. The SMILES string of the molecule is CC[Si](CC)(CC)OC(CNC1CC2[C@H](C1)C2(C)C)c1c(F)cncc1Cl. The fraction of sp³-hybridized carbons (Fsp3) is 0.762. The summed E-state index contributed by atoms with van der Waals surface area (Å²) in [6.07, 6.45) is 4.86. The molecule has 27 heavy (non-hydrogen) atoms. The van der Waals surface area contributed by atoms with Crippen LogP contribution in [0.25, 0.3) is 0 Å². The zero-order valence-electron chi connectivity index (χ0n) is 17.3. The van der Waals surface area contributed by atoms with Crippen LogP contribution in [0.2, 0.25) is 23.2 Å². The van der Waals surface area contributed by atoms with Crippen molar-refractivity contribution in [3.05, 3.63) is 28.8 Å². The monoisotopic (exact) mass is 412 g/mol. The van der Waals surface area contributed by atoms with Gasteiger partial charge in [0.25, 0.3) is 0 Å². The van der Waals surface area contributed by atoms with Crippen molar-refractivity contribution in [1.82, 2.24) is 10.3 Å². The van der Waals surface area contributed by atoms with Gasteiger partial charge in [-0.3, -0.25) is 4.98 Å². The van der Waals surface area contributed by atoms with Crippen molar-refractivity contribution in [3.63, 3.8) is 0 Å². The van der Waals surface area contributed by atoms with Gasteiger partial charge in [-0.1, -0.05) is 46.2 Å². The number of fused-ring (bicyclic) bond motifs is 1. The molecule has 1 N–H and O–H groups in total. The largest absolute Gasteiger partial charge is 0.408 e. The molecule has 0 aromatic carbocycles. The zero-order chi connectivity index (χ0) is 19.8. The molecule has 3 rings (SSSR count). The number of nitrogens with one attached hydrogen (secondary N) is 1. The Kier molecular flexibility index (Phi) is 6.36. The molecule has 0 aliphatic heterocycles. The van der Waals surface area contributed by atoms with E-state index in [4.69, 9.17) is 16.0 Å². The Balaban J connectivity index is 1.74. The average Bonchev–Trinajstić information content (AvgIpc) is 3.00. The second-order valence-corrected chi connectivity index (χ2v) is 14.1. The molecule has 2 aliphatic rings. The first kappa shape index (κ1) is 21.2. The van der Waals surface area contributed by atoms with Gasteiger partial charge in [0, 0.05) is 24.3 Å². The third-order valence-corrected chi connectivity index (χ3v) is 12.4. The van der Waals surface area contributed by atoms with Crippen LogP contribution in [-0.4, -0.2) is 25.9 Å². The molecule has 2 aliphatic carbocycles. The number of hydrogen-bond acceptors (Lipinski definition) is 3. The molecule has 0 amide bonds. The van der Waals surface area contributed by atoms with Crippen LogP contribution in [0.1, 0.15) is 59.1 Å². The summed E-state index contributed by atoms with van der Waals surface area (Å²) in [5, 5.41) is 4.04. The minimum Gasteiger partial charge on any atom is -0.408 e. The first-order valence-electron chi connectivity index (χ1n) is 10.5. The number of pyridine rings is 1. The molecule has 4 atom stereocenters. The van der Waals surface area contributed by atoms with Crippen molar-refractivity contribution in [1.29, 1.82) is 0 Å². The standard InChI is InChI=1S/C21H34ClFN2OSi/c1-6-27(7-2,8-3)26-19(20-17(22)11-24-12-18(20)23)13-25-14-9-15-16(10-14)21(15,4)5/h11-12,14-16,19,25H,6-10,13H2,1-5H3/t14?,15-,16?,19?/m0/s1. The van der Waals surface area contributed by atoms with Crippen LogP contribution in [-0.2, 0) is 4.43 Å². The first-order valence-corrected chi connectivity index (χ1v) is 13.4. The number of aromatic nitrogens is 1. The molecule has 2 saturated carbocycles. The van der Waals surface area contributed by atoms with Gasteiger partial charge in [0.05, 0.1) is 17.3 Å². The number of rotatable bonds is 9. The van der Waals surface area contributed by atoms with E-state index in [0.717, 1.165) is 30.0 Å². The van der Waals surface area contributed by atoms with E-state index in [1.54, 1.807) is 0 Å². The van der Waals surface area contributed by atoms with E-state index in [0.29, 0.717) is 28.6 Å². The summed E-state index contributed by atoms with van der Waals surface area (Å²) >= 11 is 6.35. The maximum Gasteiger partial charge on any atom is 0.192 e. The third-order valence-electron chi connectivity index (χ3n) is 7.49. The fourth-order valence-electron chi connectivity index (χ4n) is 5.18. The van der Waals surface area contributed by atoms with Crippen LogP contribution in [0.5, 0.6) is 0 Å². The van der Waals surface area contributed by atoms with E-state index in [2.05, 4.69) is 44.9 Å². The number of hydrogen-bond donors (Lipinski definition) is 1. The molecule has 0 bridgehead atoms. The van der Waals surface area contributed by atoms with Crippen molar-refractivity contribution in [3.8, 4) is 0 Å². The quantitative estimate of drug-likeness (QED) is 0.508. The van der Waals surface area contributed by atoms with Gasteiger partial charge in [0.1, 0.15) is 5.82 Å². The summed E-state index contributed by atoms with van der Waals surface area (Å²) in [6, 6.07) is 3.59. The van der Waals surface area contributed by atoms with E-state index in [1.165, 1.54) is 25.2 Å². The molecule has 3 nitrogen and oxygen atoms in total. The molecule has 6 heteroatoms. The van der Waals surface area contributed by atoms with Crippen molar-refractivity contribution >= 4 is 19.9 Å². The predicted octanol–water partition coefficient (Wildman–Crippen LogP) is 5.96. The Labute approximate surface area is 169 Å². The van der Waals surface area contributed by atoms with Crippen molar-refractivity contribution in [2.45, 2.75) is 77.7 Å². The van der Waals surface area contributed by atoms with Gasteiger partial charge in [0.15, 0.2) is 8.32 Å². The van der Waals surface area contributed by atoms with Crippen LogP contribution in [0, 0.1) is 23.1 Å². The van der Waals surface area contributed by atoms with Crippen LogP contribution in [0.4, 0.5) is 4.39 Å². The Morgan fingerprint density at radius 2 is 1.81 bits per heavy atom. The van der Waals surface area contributed by atoms with Gasteiger partial charge in [-0.05, 0) is 48.2 Å². The summed E-state index contributed by atoms with van der Waals surface area (Å²) in [7, 11) is -1.90. The van der Waals surface area contributed by atoms with Gasteiger partial charge in [-0.15, -0.1) is 0 Å². The maximum absolute atomic E-state index is 14.6. The van der Waals surface area contributed by atoms with Crippen LogP contribution < -0.4 is 5.32 Å². The molecule has 3 unspecified atom stereocenters. The molecular formula is C21H34ClFN2OSi. The average molecular weight is 413 g/mol. The molecular weight excluding hydrogens is 379 g/mol. The topological polar surface area (TPSA) is 34.1 Å². The van der Waals surface area contributed by atoms with E-state index < -0.39 is 8.32 Å². The van der Waals surface area contributed by atoms with Crippen LogP contribution in [0.3, 0.4) is 0 Å². The van der Waals surface area contributed by atoms with Gasteiger partial charge in [-0.25, -0.2) is 4.39 Å². The lowest BCUT2D eigenvalue weighted by atomic mass is 9.97. The molecule has 152 valence electrons. The Hall–Kier alpha value is -0.493. The number of halogens is 2. The van der Waals surface area contributed by atoms with Crippen molar-refractivity contribution < 1.29 is 8.82 Å². The Morgan fingerprint density at radius 1 is 1.22 bits per heavy atom. The highest BCUT2D eigenvalue weighted by atomic mass is 35.5. The number of nitrogens with zero attached hydrogens (tertiary/aromatic N) is 1. The second kappa shape index (κ2) is 8.09. The van der Waals surface area contributed by atoms with Gasteiger partial charge in [0.2, 0.25) is 0 Å². The highest BCUT2D eigenvalue weighted by molar-refractivity contribution is 6.73. The van der Waals surface area contributed by atoms with Crippen LogP contribution in [0.15, 0.2) is 12.4 Å². The minimum absolute atomic E-state index is 0.350. The lowest BCUT2D eigenvalue weighted by Crippen LogP contribution is -2.42. The molecule has 1 aromatic heterocycles. The predicted molar refractivity (Wildman–Crippen MR) is 112 cm³/mol. The summed E-state index contributed by atoms with van der Waals surface area (Å²) in [5.41, 5.74) is 0.985. The van der Waals surface area contributed by atoms with Gasteiger partial charge >= 0.3 is 0 Å². The zero-order valence-corrected chi connectivity index (χ0v) is 19.1. The fourth-order valence-corrected chi connectivity index (χ4v) is 8.25. The summed E-state index contributed by atoms with van der Waals surface area (Å²) in [6.45, 7) is 11.9. The molecule has 1 aromatic rings. The molecule has 2 fully saturated rings. The molecule has 0 saturated heterocycles. The maximum atomic E-state index is 14.6. The molecule has 1 heterocycles. The van der Waals surface area contributed by atoms with Gasteiger partial charge < -0.3 is 9.74 Å². The minimum atomic E-state index is -1.90. The van der Waals surface area contributed by atoms with E-state index in [9.17, 15) is 4.39 Å². The highest BCUT2D eigenvalue weighted by Gasteiger charge is 2.61. The second-order valence-electron chi connectivity index (χ2n) is 8.98. The van der Waals surface area contributed by atoms with E-state index >= 15 is 0 Å². The highest BCUT2D eigenvalue weighted by Crippen LogP contribution is 2.66. The lowest BCUT2D eigenvalue weighted by Gasteiger charge is -2.34. The van der Waals surface area contributed by atoms with Gasteiger partial charge in [-0.2, -0.15) is 0 Å². The normalized spacial score (nSPS) is 27.4. The lowest BCUT2D eigenvalue weighted by molar-refractivity contribution is 0.174. The Morgan fingerprint density at radius 3 is 2.33 bits per heavy atom. The van der Waals surface area contributed by atoms with E-state index in [1.807, 2.05) is 0 Å².